The number of nitrogens with zero attached hydrogens (tertiary/aromatic N) is 1. The molecule has 1 fully saturated rings. The SMILES string of the molecule is CC(CNCc1ccc(Br)cc1F)N1CCCC1. The lowest BCUT2D eigenvalue weighted by Gasteiger charge is -2.24. The number of halogens is 2. The Balaban J connectivity index is 1.77. The third kappa shape index (κ3) is 3.77. The van der Waals surface area contributed by atoms with Crippen LogP contribution in [0, 0.1) is 5.82 Å². The Morgan fingerprint density at radius 3 is 2.78 bits per heavy atom. The molecule has 0 aromatic heterocycles. The van der Waals surface area contributed by atoms with Gasteiger partial charge in [-0.05, 0) is 45.0 Å². The van der Waals surface area contributed by atoms with Crippen molar-refractivity contribution in [3.8, 4) is 0 Å². The van der Waals surface area contributed by atoms with Crippen LogP contribution < -0.4 is 5.32 Å². The Morgan fingerprint density at radius 2 is 2.11 bits per heavy atom. The molecule has 1 saturated heterocycles. The van der Waals surface area contributed by atoms with Crippen molar-refractivity contribution >= 4 is 15.9 Å². The molecule has 2 nitrogen and oxygen atoms in total. The smallest absolute Gasteiger partial charge is 0.128 e. The van der Waals surface area contributed by atoms with Crippen molar-refractivity contribution in [1.82, 2.24) is 10.2 Å². The van der Waals surface area contributed by atoms with E-state index in [-0.39, 0.29) is 5.82 Å². The first-order chi connectivity index (χ1) is 8.66. The van der Waals surface area contributed by atoms with Crippen LogP contribution in [0.4, 0.5) is 4.39 Å². The van der Waals surface area contributed by atoms with Crippen LogP contribution in [0.2, 0.25) is 0 Å². The van der Waals surface area contributed by atoms with Crippen molar-refractivity contribution in [2.75, 3.05) is 19.6 Å². The molecular weight excluding hydrogens is 295 g/mol. The summed E-state index contributed by atoms with van der Waals surface area (Å²) >= 11 is 3.27. The number of benzene rings is 1. The second-order valence-electron chi connectivity index (χ2n) is 4.96. The maximum Gasteiger partial charge on any atom is 0.128 e. The van der Waals surface area contributed by atoms with Crippen LogP contribution in [-0.2, 0) is 6.54 Å². The molecule has 18 heavy (non-hydrogen) atoms. The van der Waals surface area contributed by atoms with Crippen LogP contribution in [0.15, 0.2) is 22.7 Å². The molecule has 1 unspecified atom stereocenters. The van der Waals surface area contributed by atoms with Crippen LogP contribution in [0.5, 0.6) is 0 Å². The average molecular weight is 315 g/mol. The normalized spacial score (nSPS) is 18.2. The molecule has 0 aliphatic carbocycles. The third-order valence-corrected chi connectivity index (χ3v) is 4.03. The van der Waals surface area contributed by atoms with Gasteiger partial charge in [0.25, 0.3) is 0 Å². The van der Waals surface area contributed by atoms with Gasteiger partial charge in [-0.15, -0.1) is 0 Å². The summed E-state index contributed by atoms with van der Waals surface area (Å²) in [6, 6.07) is 5.75. The first kappa shape index (κ1) is 14.0. The molecule has 1 aliphatic heterocycles. The monoisotopic (exact) mass is 314 g/mol. The summed E-state index contributed by atoms with van der Waals surface area (Å²) in [5, 5.41) is 3.34. The van der Waals surface area contributed by atoms with Gasteiger partial charge in [0.1, 0.15) is 5.82 Å². The fraction of sp³-hybridized carbons (Fsp3) is 0.571. The van der Waals surface area contributed by atoms with E-state index in [1.54, 1.807) is 0 Å². The van der Waals surface area contributed by atoms with Crippen molar-refractivity contribution in [2.45, 2.75) is 32.4 Å². The van der Waals surface area contributed by atoms with Crippen molar-refractivity contribution < 1.29 is 4.39 Å². The van der Waals surface area contributed by atoms with E-state index < -0.39 is 0 Å². The number of nitrogens with one attached hydrogen (secondary N) is 1. The second kappa shape index (κ2) is 6.64. The Bertz CT molecular complexity index is 391. The van der Waals surface area contributed by atoms with Gasteiger partial charge in [-0.2, -0.15) is 0 Å². The molecule has 1 atom stereocenters. The summed E-state index contributed by atoms with van der Waals surface area (Å²) in [7, 11) is 0. The van der Waals surface area contributed by atoms with E-state index in [1.807, 2.05) is 12.1 Å². The Kier molecular flexibility index (Phi) is 5.15. The standard InChI is InChI=1S/C14H20BrFN2/c1-11(18-6-2-3-7-18)9-17-10-12-4-5-13(15)8-14(12)16/h4-5,8,11,17H,2-3,6-7,9-10H2,1H3. The van der Waals surface area contributed by atoms with Gasteiger partial charge in [0, 0.05) is 29.2 Å². The highest BCUT2D eigenvalue weighted by molar-refractivity contribution is 9.10. The van der Waals surface area contributed by atoms with E-state index >= 15 is 0 Å². The maximum absolute atomic E-state index is 13.6. The van der Waals surface area contributed by atoms with Crippen molar-refractivity contribution in [1.29, 1.82) is 0 Å². The zero-order valence-corrected chi connectivity index (χ0v) is 12.3. The lowest BCUT2D eigenvalue weighted by molar-refractivity contribution is 0.251. The molecule has 1 aliphatic rings. The summed E-state index contributed by atoms with van der Waals surface area (Å²) in [4.78, 5) is 2.49. The molecule has 1 N–H and O–H groups in total. The first-order valence-corrected chi connectivity index (χ1v) is 7.35. The second-order valence-corrected chi connectivity index (χ2v) is 5.87. The molecule has 0 spiro atoms. The van der Waals surface area contributed by atoms with Gasteiger partial charge in [0.2, 0.25) is 0 Å². The zero-order chi connectivity index (χ0) is 13.0. The van der Waals surface area contributed by atoms with Crippen LogP contribution in [0.3, 0.4) is 0 Å². The minimum Gasteiger partial charge on any atom is -0.311 e. The number of likely N-dealkylation sites (tertiary alicyclic amines) is 1. The third-order valence-electron chi connectivity index (χ3n) is 3.53. The molecule has 0 radical (unpaired) electrons. The largest absolute Gasteiger partial charge is 0.311 e. The minimum absolute atomic E-state index is 0.147. The van der Waals surface area contributed by atoms with Gasteiger partial charge in [0.15, 0.2) is 0 Å². The number of hydrogen-bond acceptors (Lipinski definition) is 2. The molecule has 0 saturated carbocycles. The van der Waals surface area contributed by atoms with Gasteiger partial charge in [0.05, 0.1) is 0 Å². The Morgan fingerprint density at radius 1 is 1.39 bits per heavy atom. The first-order valence-electron chi connectivity index (χ1n) is 6.55. The highest BCUT2D eigenvalue weighted by Crippen LogP contribution is 2.15. The molecule has 0 bridgehead atoms. The van der Waals surface area contributed by atoms with Crippen LogP contribution in [-0.4, -0.2) is 30.6 Å². The van der Waals surface area contributed by atoms with E-state index in [0.29, 0.717) is 12.6 Å². The van der Waals surface area contributed by atoms with Crippen LogP contribution in [0.25, 0.3) is 0 Å². The summed E-state index contributed by atoms with van der Waals surface area (Å²) in [6.45, 7) is 6.15. The fourth-order valence-electron chi connectivity index (χ4n) is 2.39. The van der Waals surface area contributed by atoms with Gasteiger partial charge in [-0.25, -0.2) is 4.39 Å². The maximum atomic E-state index is 13.6. The van der Waals surface area contributed by atoms with E-state index in [1.165, 1.54) is 32.0 Å². The van der Waals surface area contributed by atoms with Crippen molar-refractivity contribution in [3.05, 3.63) is 34.1 Å². The Hall–Kier alpha value is -0.450. The fourth-order valence-corrected chi connectivity index (χ4v) is 2.73. The van der Waals surface area contributed by atoms with Gasteiger partial charge >= 0.3 is 0 Å². The molecule has 0 amide bonds. The van der Waals surface area contributed by atoms with Crippen molar-refractivity contribution in [3.63, 3.8) is 0 Å². The minimum atomic E-state index is -0.147. The van der Waals surface area contributed by atoms with Gasteiger partial charge in [-0.1, -0.05) is 22.0 Å². The van der Waals surface area contributed by atoms with Crippen molar-refractivity contribution in [2.24, 2.45) is 0 Å². The summed E-state index contributed by atoms with van der Waals surface area (Å²) in [5.41, 5.74) is 0.729. The predicted molar refractivity (Wildman–Crippen MR) is 76.1 cm³/mol. The highest BCUT2D eigenvalue weighted by atomic mass is 79.9. The van der Waals surface area contributed by atoms with E-state index in [0.717, 1.165) is 16.6 Å². The average Bonchev–Trinajstić information content (AvgIpc) is 2.85. The number of hydrogen-bond donors (Lipinski definition) is 1. The summed E-state index contributed by atoms with van der Waals surface area (Å²) in [6.07, 6.45) is 2.62. The molecule has 2 rings (SSSR count). The lowest BCUT2D eigenvalue weighted by Crippen LogP contribution is -2.38. The van der Waals surface area contributed by atoms with Crippen LogP contribution in [0.1, 0.15) is 25.3 Å². The molecule has 100 valence electrons. The summed E-state index contributed by atoms with van der Waals surface area (Å²) in [5.74, 6) is -0.147. The zero-order valence-electron chi connectivity index (χ0n) is 10.8. The van der Waals surface area contributed by atoms with Gasteiger partial charge < -0.3 is 5.32 Å². The van der Waals surface area contributed by atoms with Crippen LogP contribution >= 0.6 is 15.9 Å². The summed E-state index contributed by atoms with van der Waals surface area (Å²) < 4.78 is 14.4. The van der Waals surface area contributed by atoms with Gasteiger partial charge in [-0.3, -0.25) is 4.90 Å². The van der Waals surface area contributed by atoms with E-state index in [4.69, 9.17) is 0 Å². The quantitative estimate of drug-likeness (QED) is 0.898. The molecule has 1 heterocycles. The lowest BCUT2D eigenvalue weighted by atomic mass is 10.2. The molecule has 4 heteroatoms. The molecule has 1 aromatic rings. The Labute approximate surface area is 117 Å². The topological polar surface area (TPSA) is 15.3 Å². The molecular formula is C14H20BrFN2. The molecule has 1 aromatic carbocycles. The van der Waals surface area contributed by atoms with E-state index in [2.05, 4.69) is 33.1 Å². The highest BCUT2D eigenvalue weighted by Gasteiger charge is 2.17. The van der Waals surface area contributed by atoms with E-state index in [9.17, 15) is 4.39 Å². The predicted octanol–water partition coefficient (Wildman–Crippen LogP) is 3.16. The number of rotatable bonds is 5.